The van der Waals surface area contributed by atoms with Crippen molar-refractivity contribution >= 4 is 23.4 Å². The first-order valence-corrected chi connectivity index (χ1v) is 8.15. The molecule has 1 aromatic rings. The van der Waals surface area contributed by atoms with Crippen LogP contribution in [0.1, 0.15) is 25.7 Å². The van der Waals surface area contributed by atoms with Gasteiger partial charge in [-0.2, -0.15) is 13.2 Å². The molecular formula is C15H18F3NOS. The molecule has 0 aliphatic heterocycles. The first-order chi connectivity index (χ1) is 9.91. The lowest BCUT2D eigenvalue weighted by atomic mass is 9.80. The molecule has 6 heteroatoms. The molecule has 1 aromatic carbocycles. The van der Waals surface area contributed by atoms with Gasteiger partial charge in [-0.1, -0.05) is 18.6 Å². The minimum Gasteiger partial charge on any atom is -0.325 e. The molecule has 1 fully saturated rings. The molecule has 0 saturated heterocycles. The van der Waals surface area contributed by atoms with Crippen molar-refractivity contribution in [3.63, 3.8) is 0 Å². The Morgan fingerprint density at radius 1 is 1.29 bits per heavy atom. The van der Waals surface area contributed by atoms with Crippen molar-refractivity contribution in [1.29, 1.82) is 0 Å². The fourth-order valence-corrected chi connectivity index (χ4v) is 3.26. The van der Waals surface area contributed by atoms with Crippen molar-refractivity contribution in [2.75, 3.05) is 11.6 Å². The average Bonchev–Trinajstić information content (AvgIpc) is 2.47. The van der Waals surface area contributed by atoms with Crippen LogP contribution in [-0.2, 0) is 4.79 Å². The number of rotatable bonds is 3. The second-order valence-corrected chi connectivity index (χ2v) is 6.14. The van der Waals surface area contributed by atoms with Crippen molar-refractivity contribution in [2.45, 2.75) is 36.8 Å². The lowest BCUT2D eigenvalue weighted by Crippen LogP contribution is -2.34. The maximum absolute atomic E-state index is 12.8. The quantitative estimate of drug-likeness (QED) is 0.818. The van der Waals surface area contributed by atoms with Crippen LogP contribution in [0, 0.1) is 11.8 Å². The third-order valence-corrected chi connectivity index (χ3v) is 4.67. The van der Waals surface area contributed by atoms with E-state index in [-0.39, 0.29) is 18.7 Å². The van der Waals surface area contributed by atoms with E-state index >= 15 is 0 Å². The minimum absolute atomic E-state index is 0.100. The average molecular weight is 317 g/mol. The zero-order valence-electron chi connectivity index (χ0n) is 11.7. The SMILES string of the molecule is CSc1ccccc1NC(=O)C1CCCC(C(F)(F)F)C1. The van der Waals surface area contributed by atoms with Gasteiger partial charge in [-0.15, -0.1) is 11.8 Å². The Labute approximate surface area is 126 Å². The lowest BCUT2D eigenvalue weighted by Gasteiger charge is -2.29. The van der Waals surface area contributed by atoms with E-state index < -0.39 is 18.0 Å². The highest BCUT2D eigenvalue weighted by molar-refractivity contribution is 7.98. The van der Waals surface area contributed by atoms with Crippen molar-refractivity contribution in [2.24, 2.45) is 11.8 Å². The van der Waals surface area contributed by atoms with E-state index in [0.717, 1.165) is 4.90 Å². The van der Waals surface area contributed by atoms with Crippen LogP contribution in [0.25, 0.3) is 0 Å². The Morgan fingerprint density at radius 3 is 2.67 bits per heavy atom. The summed E-state index contributed by atoms with van der Waals surface area (Å²) in [6.45, 7) is 0. The van der Waals surface area contributed by atoms with Gasteiger partial charge in [0, 0.05) is 10.8 Å². The molecule has 0 aromatic heterocycles. The van der Waals surface area contributed by atoms with Crippen LogP contribution < -0.4 is 5.32 Å². The van der Waals surface area contributed by atoms with Crippen LogP contribution >= 0.6 is 11.8 Å². The van der Waals surface area contributed by atoms with Crippen molar-refractivity contribution < 1.29 is 18.0 Å². The van der Waals surface area contributed by atoms with Gasteiger partial charge in [-0.3, -0.25) is 4.79 Å². The number of amides is 1. The maximum Gasteiger partial charge on any atom is 0.391 e. The number of halogens is 3. The van der Waals surface area contributed by atoms with Gasteiger partial charge >= 0.3 is 6.18 Å². The second kappa shape index (κ2) is 6.73. The number of para-hydroxylation sites is 1. The Hall–Kier alpha value is -1.17. The summed E-state index contributed by atoms with van der Waals surface area (Å²) < 4.78 is 38.4. The third kappa shape index (κ3) is 4.15. The number of hydrogen-bond donors (Lipinski definition) is 1. The first-order valence-electron chi connectivity index (χ1n) is 6.92. The predicted molar refractivity (Wildman–Crippen MR) is 78.4 cm³/mol. The van der Waals surface area contributed by atoms with Crippen molar-refractivity contribution in [3.8, 4) is 0 Å². The number of nitrogens with one attached hydrogen (secondary N) is 1. The fraction of sp³-hybridized carbons (Fsp3) is 0.533. The smallest absolute Gasteiger partial charge is 0.325 e. The monoisotopic (exact) mass is 317 g/mol. The Kier molecular flexibility index (Phi) is 5.19. The molecule has 21 heavy (non-hydrogen) atoms. The van der Waals surface area contributed by atoms with Gasteiger partial charge in [0.2, 0.25) is 5.91 Å². The number of hydrogen-bond acceptors (Lipinski definition) is 2. The fourth-order valence-electron chi connectivity index (χ4n) is 2.71. The number of carbonyl (C=O) groups is 1. The molecule has 1 N–H and O–H groups in total. The van der Waals surface area contributed by atoms with E-state index in [1.807, 2.05) is 18.4 Å². The zero-order valence-corrected chi connectivity index (χ0v) is 12.6. The number of thioether (sulfide) groups is 1. The molecule has 0 heterocycles. The second-order valence-electron chi connectivity index (χ2n) is 5.29. The Morgan fingerprint density at radius 2 is 2.00 bits per heavy atom. The van der Waals surface area contributed by atoms with Gasteiger partial charge in [0.05, 0.1) is 11.6 Å². The standard InChI is InChI=1S/C15H18F3NOS/c1-21-13-8-3-2-7-12(13)19-14(20)10-5-4-6-11(9-10)15(16,17)18/h2-3,7-8,10-11H,4-6,9H2,1H3,(H,19,20). The molecular weight excluding hydrogens is 299 g/mol. The Bertz CT molecular complexity index is 504. The van der Waals surface area contributed by atoms with Crippen LogP contribution in [0.3, 0.4) is 0 Å². The van der Waals surface area contributed by atoms with Gasteiger partial charge in [0.1, 0.15) is 0 Å². The highest BCUT2D eigenvalue weighted by Gasteiger charge is 2.43. The summed E-state index contributed by atoms with van der Waals surface area (Å²) in [4.78, 5) is 13.1. The summed E-state index contributed by atoms with van der Waals surface area (Å²) in [5, 5.41) is 2.78. The molecule has 2 atom stereocenters. The molecule has 1 saturated carbocycles. The molecule has 1 aliphatic rings. The number of carbonyl (C=O) groups excluding carboxylic acids is 1. The minimum atomic E-state index is -4.20. The van der Waals surface area contributed by atoms with E-state index in [4.69, 9.17) is 0 Å². The number of anilines is 1. The highest BCUT2D eigenvalue weighted by Crippen LogP contribution is 2.40. The van der Waals surface area contributed by atoms with Crippen LogP contribution in [0.2, 0.25) is 0 Å². The number of benzene rings is 1. The molecule has 1 amide bonds. The summed E-state index contributed by atoms with van der Waals surface area (Å²) in [5.74, 6) is -2.21. The highest BCUT2D eigenvalue weighted by atomic mass is 32.2. The van der Waals surface area contributed by atoms with Crippen LogP contribution in [0.4, 0.5) is 18.9 Å². The molecule has 0 bridgehead atoms. The molecule has 116 valence electrons. The zero-order chi connectivity index (χ0) is 15.5. The van der Waals surface area contributed by atoms with E-state index in [0.29, 0.717) is 18.5 Å². The summed E-state index contributed by atoms with van der Waals surface area (Å²) in [6.07, 6.45) is -1.29. The summed E-state index contributed by atoms with van der Waals surface area (Å²) >= 11 is 1.49. The molecule has 2 unspecified atom stereocenters. The first kappa shape index (κ1) is 16.2. The largest absolute Gasteiger partial charge is 0.391 e. The molecule has 1 aliphatic carbocycles. The topological polar surface area (TPSA) is 29.1 Å². The van der Waals surface area contributed by atoms with Crippen LogP contribution in [0.5, 0.6) is 0 Å². The van der Waals surface area contributed by atoms with Crippen LogP contribution in [0.15, 0.2) is 29.2 Å². The van der Waals surface area contributed by atoms with Gasteiger partial charge in [-0.25, -0.2) is 0 Å². The van der Waals surface area contributed by atoms with Gasteiger partial charge in [0.15, 0.2) is 0 Å². The molecule has 2 rings (SSSR count). The van der Waals surface area contributed by atoms with E-state index in [1.165, 1.54) is 11.8 Å². The molecule has 2 nitrogen and oxygen atoms in total. The van der Waals surface area contributed by atoms with Crippen molar-refractivity contribution in [1.82, 2.24) is 0 Å². The molecule has 0 radical (unpaired) electrons. The third-order valence-electron chi connectivity index (χ3n) is 3.87. The lowest BCUT2D eigenvalue weighted by molar-refractivity contribution is -0.185. The van der Waals surface area contributed by atoms with E-state index in [2.05, 4.69) is 5.32 Å². The summed E-state index contributed by atoms with van der Waals surface area (Å²) in [6, 6.07) is 7.31. The summed E-state index contributed by atoms with van der Waals surface area (Å²) in [5.41, 5.74) is 0.670. The summed E-state index contributed by atoms with van der Waals surface area (Å²) in [7, 11) is 0. The Balaban J connectivity index is 2.03. The predicted octanol–water partition coefficient (Wildman–Crippen LogP) is 4.72. The van der Waals surface area contributed by atoms with Crippen LogP contribution in [-0.4, -0.2) is 18.3 Å². The number of alkyl halides is 3. The molecule has 0 spiro atoms. The van der Waals surface area contributed by atoms with Gasteiger partial charge in [0.25, 0.3) is 0 Å². The van der Waals surface area contributed by atoms with E-state index in [9.17, 15) is 18.0 Å². The van der Waals surface area contributed by atoms with Crippen molar-refractivity contribution in [3.05, 3.63) is 24.3 Å². The van der Waals surface area contributed by atoms with E-state index in [1.54, 1.807) is 12.1 Å². The van der Waals surface area contributed by atoms with Gasteiger partial charge < -0.3 is 5.32 Å². The normalized spacial score (nSPS) is 22.9. The van der Waals surface area contributed by atoms with Gasteiger partial charge in [-0.05, 0) is 37.7 Å². The maximum atomic E-state index is 12.8.